The van der Waals surface area contributed by atoms with Crippen LogP contribution >= 0.6 is 11.3 Å². The number of aromatic nitrogens is 2. The molecule has 90 valence electrons. The molecule has 1 N–H and O–H groups in total. The van der Waals surface area contributed by atoms with Crippen LogP contribution in [0.2, 0.25) is 0 Å². The van der Waals surface area contributed by atoms with Gasteiger partial charge in [-0.2, -0.15) is 0 Å². The molecule has 1 aromatic rings. The quantitative estimate of drug-likeness (QED) is 0.872. The normalized spacial score (nSPS) is 19.9. The molecule has 0 aliphatic carbocycles. The van der Waals surface area contributed by atoms with Gasteiger partial charge in [0.1, 0.15) is 10.0 Å². The van der Waals surface area contributed by atoms with E-state index in [9.17, 15) is 0 Å². The molecule has 0 aromatic carbocycles. The van der Waals surface area contributed by atoms with Crippen molar-refractivity contribution in [2.24, 2.45) is 5.41 Å². The van der Waals surface area contributed by atoms with Crippen LogP contribution in [0.4, 0.5) is 0 Å². The standard InChI is InChI=1S/C11H19N3OS/c1-9-13-14-10(16-9)7-12-8-11(2)3-5-15-6-4-11/h12H,3-8H2,1-2H3. The molecule has 0 atom stereocenters. The van der Waals surface area contributed by atoms with Gasteiger partial charge in [0, 0.05) is 26.3 Å². The molecular weight excluding hydrogens is 222 g/mol. The first-order valence-corrected chi connectivity index (χ1v) is 6.57. The van der Waals surface area contributed by atoms with Crippen molar-refractivity contribution in [2.75, 3.05) is 19.8 Å². The fourth-order valence-corrected chi connectivity index (χ4v) is 2.60. The third-order valence-electron chi connectivity index (χ3n) is 3.10. The molecule has 0 bridgehead atoms. The highest BCUT2D eigenvalue weighted by atomic mass is 32.1. The van der Waals surface area contributed by atoms with E-state index in [-0.39, 0.29) is 0 Å². The molecule has 0 saturated carbocycles. The summed E-state index contributed by atoms with van der Waals surface area (Å²) in [6.07, 6.45) is 2.30. The zero-order chi connectivity index (χ0) is 11.4. The molecular formula is C11H19N3OS. The molecule has 2 heterocycles. The maximum Gasteiger partial charge on any atom is 0.131 e. The van der Waals surface area contributed by atoms with Crippen LogP contribution in [0, 0.1) is 12.3 Å². The third-order valence-corrected chi connectivity index (χ3v) is 3.93. The molecule has 1 aliphatic heterocycles. The molecule has 0 amide bonds. The smallest absolute Gasteiger partial charge is 0.131 e. The number of aryl methyl sites for hydroxylation is 1. The molecule has 1 saturated heterocycles. The minimum atomic E-state index is 0.387. The number of nitrogens with one attached hydrogen (secondary N) is 1. The van der Waals surface area contributed by atoms with Gasteiger partial charge in [-0.25, -0.2) is 0 Å². The van der Waals surface area contributed by atoms with Crippen molar-refractivity contribution in [3.05, 3.63) is 10.0 Å². The summed E-state index contributed by atoms with van der Waals surface area (Å²) in [7, 11) is 0. The fourth-order valence-electron chi connectivity index (χ4n) is 1.92. The van der Waals surface area contributed by atoms with E-state index in [4.69, 9.17) is 4.74 Å². The lowest BCUT2D eigenvalue weighted by Crippen LogP contribution is -2.36. The molecule has 2 rings (SSSR count). The molecule has 1 aliphatic rings. The lowest BCUT2D eigenvalue weighted by atomic mass is 9.82. The van der Waals surface area contributed by atoms with Crippen molar-refractivity contribution in [2.45, 2.75) is 33.2 Å². The first-order valence-electron chi connectivity index (χ1n) is 5.75. The van der Waals surface area contributed by atoms with Gasteiger partial charge in [0.15, 0.2) is 0 Å². The summed E-state index contributed by atoms with van der Waals surface area (Å²) in [6, 6.07) is 0. The van der Waals surface area contributed by atoms with Crippen LogP contribution in [0.15, 0.2) is 0 Å². The van der Waals surface area contributed by atoms with Gasteiger partial charge in [0.2, 0.25) is 0 Å². The molecule has 0 unspecified atom stereocenters. The average Bonchev–Trinajstić information content (AvgIpc) is 2.65. The van der Waals surface area contributed by atoms with Crippen molar-refractivity contribution >= 4 is 11.3 Å². The third kappa shape index (κ3) is 3.23. The number of nitrogens with zero attached hydrogens (tertiary/aromatic N) is 2. The molecule has 1 fully saturated rings. The molecule has 0 spiro atoms. The van der Waals surface area contributed by atoms with Gasteiger partial charge in [-0.05, 0) is 25.2 Å². The predicted octanol–water partition coefficient (Wildman–Crippen LogP) is 1.75. The van der Waals surface area contributed by atoms with E-state index >= 15 is 0 Å². The largest absolute Gasteiger partial charge is 0.381 e. The highest BCUT2D eigenvalue weighted by molar-refractivity contribution is 7.11. The Labute approximate surface area is 100 Å². The van der Waals surface area contributed by atoms with Gasteiger partial charge in [0.05, 0.1) is 0 Å². The highest BCUT2D eigenvalue weighted by Gasteiger charge is 2.26. The summed E-state index contributed by atoms with van der Waals surface area (Å²) in [6.45, 7) is 7.98. The summed E-state index contributed by atoms with van der Waals surface area (Å²) in [4.78, 5) is 0. The van der Waals surface area contributed by atoms with Gasteiger partial charge in [0.25, 0.3) is 0 Å². The summed E-state index contributed by atoms with van der Waals surface area (Å²) in [5, 5.41) is 13.7. The highest BCUT2D eigenvalue weighted by Crippen LogP contribution is 2.28. The lowest BCUT2D eigenvalue weighted by molar-refractivity contribution is 0.0240. The molecule has 0 radical (unpaired) electrons. The second kappa shape index (κ2) is 5.21. The van der Waals surface area contributed by atoms with Crippen LogP contribution in [0.25, 0.3) is 0 Å². The Bertz CT molecular complexity index is 334. The fraction of sp³-hybridized carbons (Fsp3) is 0.818. The average molecular weight is 241 g/mol. The first kappa shape index (κ1) is 12.0. The number of hydrogen-bond acceptors (Lipinski definition) is 5. The number of rotatable bonds is 4. The maximum absolute atomic E-state index is 5.38. The van der Waals surface area contributed by atoms with Gasteiger partial charge in [-0.3, -0.25) is 0 Å². The van der Waals surface area contributed by atoms with Gasteiger partial charge >= 0.3 is 0 Å². The van der Waals surface area contributed by atoms with Crippen LogP contribution in [-0.2, 0) is 11.3 Å². The summed E-state index contributed by atoms with van der Waals surface area (Å²) >= 11 is 1.66. The maximum atomic E-state index is 5.38. The molecule has 16 heavy (non-hydrogen) atoms. The summed E-state index contributed by atoms with van der Waals surface area (Å²) in [5.74, 6) is 0. The van der Waals surface area contributed by atoms with Crippen molar-refractivity contribution in [3.8, 4) is 0 Å². The minimum Gasteiger partial charge on any atom is -0.381 e. The van der Waals surface area contributed by atoms with E-state index in [1.54, 1.807) is 11.3 Å². The zero-order valence-electron chi connectivity index (χ0n) is 9.95. The van der Waals surface area contributed by atoms with Crippen molar-refractivity contribution < 1.29 is 4.74 Å². The molecule has 4 nitrogen and oxygen atoms in total. The lowest BCUT2D eigenvalue weighted by Gasteiger charge is -2.33. The van der Waals surface area contributed by atoms with Crippen LogP contribution in [0.5, 0.6) is 0 Å². The second-order valence-electron chi connectivity index (χ2n) is 4.74. The Morgan fingerprint density at radius 2 is 2.12 bits per heavy atom. The van der Waals surface area contributed by atoms with Crippen LogP contribution < -0.4 is 5.32 Å². The Hall–Kier alpha value is -0.520. The van der Waals surface area contributed by atoms with E-state index in [2.05, 4.69) is 22.4 Å². The predicted molar refractivity (Wildman–Crippen MR) is 64.5 cm³/mol. The summed E-state index contributed by atoms with van der Waals surface area (Å²) in [5.41, 5.74) is 0.387. The monoisotopic (exact) mass is 241 g/mol. The molecule has 5 heteroatoms. The van der Waals surface area contributed by atoms with Crippen molar-refractivity contribution in [3.63, 3.8) is 0 Å². The SMILES string of the molecule is Cc1nnc(CNCC2(C)CCOCC2)s1. The first-order chi connectivity index (χ1) is 7.68. The Kier molecular flexibility index (Phi) is 3.89. The van der Waals surface area contributed by atoms with E-state index in [0.29, 0.717) is 5.41 Å². The van der Waals surface area contributed by atoms with Crippen LogP contribution in [0.3, 0.4) is 0 Å². The Morgan fingerprint density at radius 3 is 2.75 bits per heavy atom. The van der Waals surface area contributed by atoms with E-state index in [0.717, 1.165) is 49.2 Å². The van der Waals surface area contributed by atoms with Crippen molar-refractivity contribution in [1.82, 2.24) is 15.5 Å². The Morgan fingerprint density at radius 1 is 1.38 bits per heavy atom. The topological polar surface area (TPSA) is 47.0 Å². The van der Waals surface area contributed by atoms with Crippen molar-refractivity contribution in [1.29, 1.82) is 0 Å². The minimum absolute atomic E-state index is 0.387. The van der Waals surface area contributed by atoms with Gasteiger partial charge in [-0.15, -0.1) is 21.5 Å². The molecule has 1 aromatic heterocycles. The summed E-state index contributed by atoms with van der Waals surface area (Å²) < 4.78 is 5.38. The Balaban J connectivity index is 1.74. The zero-order valence-corrected chi connectivity index (χ0v) is 10.8. The number of ether oxygens (including phenoxy) is 1. The van der Waals surface area contributed by atoms with E-state index < -0.39 is 0 Å². The van der Waals surface area contributed by atoms with Gasteiger partial charge in [-0.1, -0.05) is 6.92 Å². The van der Waals surface area contributed by atoms with Crippen LogP contribution in [0.1, 0.15) is 29.8 Å². The second-order valence-corrected chi connectivity index (χ2v) is 6.01. The van der Waals surface area contributed by atoms with E-state index in [1.807, 2.05) is 6.92 Å². The van der Waals surface area contributed by atoms with Crippen LogP contribution in [-0.4, -0.2) is 30.0 Å². The number of hydrogen-bond donors (Lipinski definition) is 1. The van der Waals surface area contributed by atoms with Gasteiger partial charge < -0.3 is 10.1 Å². The van der Waals surface area contributed by atoms with E-state index in [1.165, 1.54) is 0 Å².